The molecule has 0 radical (unpaired) electrons. The van der Waals surface area contributed by atoms with Crippen LogP contribution in [0.1, 0.15) is 25.0 Å². The summed E-state index contributed by atoms with van der Waals surface area (Å²) < 4.78 is 1.84. The van der Waals surface area contributed by atoms with Gasteiger partial charge in [-0.05, 0) is 18.3 Å². The minimum absolute atomic E-state index is 0.363. The summed E-state index contributed by atoms with van der Waals surface area (Å²) in [5, 5.41) is 7.87. The van der Waals surface area contributed by atoms with Gasteiger partial charge in [-0.3, -0.25) is 9.58 Å². The van der Waals surface area contributed by atoms with Gasteiger partial charge in [0.15, 0.2) is 0 Å². The summed E-state index contributed by atoms with van der Waals surface area (Å²) in [6.45, 7) is 3.10. The van der Waals surface area contributed by atoms with Crippen molar-refractivity contribution in [2.24, 2.45) is 18.2 Å². The standard InChI is InChI=1S/C11H19N5/c1-15-9(5-13-14-15)6-16-7-10(12)11(8-16)3-2-4-11/h5,10H,2-4,6-8,12H2,1H3. The zero-order chi connectivity index (χ0) is 11.2. The van der Waals surface area contributed by atoms with E-state index in [1.807, 2.05) is 17.9 Å². The average Bonchev–Trinajstić information content (AvgIpc) is 2.71. The lowest BCUT2D eigenvalue weighted by Crippen LogP contribution is -2.45. The molecule has 88 valence electrons. The van der Waals surface area contributed by atoms with Crippen molar-refractivity contribution in [3.05, 3.63) is 11.9 Å². The summed E-state index contributed by atoms with van der Waals surface area (Å²) in [5.74, 6) is 0. The first-order valence-corrected chi connectivity index (χ1v) is 6.01. The van der Waals surface area contributed by atoms with E-state index in [4.69, 9.17) is 5.73 Å². The first-order valence-electron chi connectivity index (χ1n) is 6.01. The van der Waals surface area contributed by atoms with Gasteiger partial charge in [-0.2, -0.15) is 0 Å². The molecule has 2 heterocycles. The quantitative estimate of drug-likeness (QED) is 0.771. The first-order chi connectivity index (χ1) is 7.70. The highest BCUT2D eigenvalue weighted by atomic mass is 15.4. The Morgan fingerprint density at radius 1 is 1.56 bits per heavy atom. The second-order valence-corrected chi connectivity index (χ2v) is 5.34. The molecule has 2 fully saturated rings. The number of hydrogen-bond acceptors (Lipinski definition) is 4. The van der Waals surface area contributed by atoms with Gasteiger partial charge in [0, 0.05) is 32.7 Å². The fourth-order valence-corrected chi connectivity index (χ4v) is 3.06. The SMILES string of the molecule is Cn1nncc1CN1CC(N)C2(CCC2)C1. The molecule has 1 aliphatic heterocycles. The van der Waals surface area contributed by atoms with Crippen LogP contribution >= 0.6 is 0 Å². The highest BCUT2D eigenvalue weighted by molar-refractivity contribution is 5.05. The molecular formula is C11H19N5. The molecule has 3 rings (SSSR count). The third-order valence-corrected chi connectivity index (χ3v) is 4.32. The maximum atomic E-state index is 6.25. The van der Waals surface area contributed by atoms with Crippen LogP contribution in [0.2, 0.25) is 0 Å². The van der Waals surface area contributed by atoms with Crippen LogP contribution in [-0.4, -0.2) is 39.0 Å². The molecule has 5 nitrogen and oxygen atoms in total. The Morgan fingerprint density at radius 2 is 2.38 bits per heavy atom. The molecule has 1 aromatic heterocycles. The Kier molecular flexibility index (Phi) is 2.26. The van der Waals surface area contributed by atoms with Gasteiger partial charge in [-0.15, -0.1) is 5.10 Å². The molecule has 2 N–H and O–H groups in total. The zero-order valence-electron chi connectivity index (χ0n) is 9.76. The van der Waals surface area contributed by atoms with E-state index in [1.165, 1.54) is 25.0 Å². The molecule has 0 bridgehead atoms. The Morgan fingerprint density at radius 3 is 2.88 bits per heavy atom. The summed E-state index contributed by atoms with van der Waals surface area (Å²) in [5.41, 5.74) is 7.86. The number of nitrogens with zero attached hydrogens (tertiary/aromatic N) is 4. The van der Waals surface area contributed by atoms with E-state index in [0.717, 1.165) is 19.6 Å². The van der Waals surface area contributed by atoms with Crippen molar-refractivity contribution in [1.82, 2.24) is 19.9 Å². The fraction of sp³-hybridized carbons (Fsp3) is 0.818. The second kappa shape index (κ2) is 3.53. The van der Waals surface area contributed by atoms with Crippen LogP contribution in [0.15, 0.2) is 6.20 Å². The number of aromatic nitrogens is 3. The van der Waals surface area contributed by atoms with Gasteiger partial charge in [0.25, 0.3) is 0 Å². The molecule has 1 atom stereocenters. The Bertz CT molecular complexity index is 381. The second-order valence-electron chi connectivity index (χ2n) is 5.34. The molecule has 1 aliphatic carbocycles. The van der Waals surface area contributed by atoms with E-state index >= 15 is 0 Å². The summed E-state index contributed by atoms with van der Waals surface area (Å²) in [7, 11) is 1.94. The lowest BCUT2D eigenvalue weighted by Gasteiger charge is -2.41. The van der Waals surface area contributed by atoms with Crippen LogP contribution in [0, 0.1) is 5.41 Å². The minimum Gasteiger partial charge on any atom is -0.326 e. The van der Waals surface area contributed by atoms with Gasteiger partial charge in [0.2, 0.25) is 0 Å². The van der Waals surface area contributed by atoms with Crippen molar-refractivity contribution in [2.45, 2.75) is 31.8 Å². The van der Waals surface area contributed by atoms with Gasteiger partial charge >= 0.3 is 0 Å². The van der Waals surface area contributed by atoms with Crippen molar-refractivity contribution >= 4 is 0 Å². The van der Waals surface area contributed by atoms with Crippen molar-refractivity contribution in [3.8, 4) is 0 Å². The van der Waals surface area contributed by atoms with E-state index in [9.17, 15) is 0 Å². The number of likely N-dealkylation sites (tertiary alicyclic amines) is 1. The summed E-state index contributed by atoms with van der Waals surface area (Å²) >= 11 is 0. The number of aryl methyl sites for hydroxylation is 1. The van der Waals surface area contributed by atoms with E-state index in [2.05, 4.69) is 15.2 Å². The van der Waals surface area contributed by atoms with Gasteiger partial charge < -0.3 is 5.73 Å². The predicted octanol–water partition coefficient (Wildman–Crippen LogP) is 0.128. The largest absolute Gasteiger partial charge is 0.326 e. The molecule has 1 unspecified atom stereocenters. The lowest BCUT2D eigenvalue weighted by molar-refractivity contribution is 0.121. The third-order valence-electron chi connectivity index (χ3n) is 4.32. The van der Waals surface area contributed by atoms with Crippen LogP contribution in [0.5, 0.6) is 0 Å². The van der Waals surface area contributed by atoms with Crippen LogP contribution in [0.4, 0.5) is 0 Å². The van der Waals surface area contributed by atoms with E-state index in [1.54, 1.807) is 0 Å². The molecule has 2 aliphatic rings. The Balaban J connectivity index is 1.68. The average molecular weight is 221 g/mol. The van der Waals surface area contributed by atoms with Gasteiger partial charge in [-0.1, -0.05) is 11.6 Å². The zero-order valence-corrected chi connectivity index (χ0v) is 9.76. The van der Waals surface area contributed by atoms with Crippen LogP contribution < -0.4 is 5.73 Å². The Labute approximate surface area is 95.6 Å². The molecule has 1 saturated heterocycles. The van der Waals surface area contributed by atoms with Crippen molar-refractivity contribution in [3.63, 3.8) is 0 Å². The maximum Gasteiger partial charge on any atom is 0.0738 e. The number of hydrogen-bond donors (Lipinski definition) is 1. The van der Waals surface area contributed by atoms with Crippen molar-refractivity contribution in [1.29, 1.82) is 0 Å². The lowest BCUT2D eigenvalue weighted by atomic mass is 9.66. The fourth-order valence-electron chi connectivity index (χ4n) is 3.06. The normalized spacial score (nSPS) is 28.5. The van der Waals surface area contributed by atoms with E-state index < -0.39 is 0 Å². The molecule has 5 heteroatoms. The first kappa shape index (κ1) is 10.2. The number of nitrogens with two attached hydrogens (primary N) is 1. The topological polar surface area (TPSA) is 60.0 Å². The third kappa shape index (κ3) is 1.46. The van der Waals surface area contributed by atoms with Crippen LogP contribution in [-0.2, 0) is 13.6 Å². The highest BCUT2D eigenvalue weighted by Crippen LogP contribution is 2.47. The van der Waals surface area contributed by atoms with E-state index in [0.29, 0.717) is 11.5 Å². The molecule has 0 aromatic carbocycles. The van der Waals surface area contributed by atoms with Gasteiger partial charge in [-0.25, -0.2) is 0 Å². The minimum atomic E-state index is 0.363. The van der Waals surface area contributed by atoms with Gasteiger partial charge in [0.1, 0.15) is 0 Å². The highest BCUT2D eigenvalue weighted by Gasteiger charge is 2.48. The van der Waals surface area contributed by atoms with Crippen LogP contribution in [0.3, 0.4) is 0 Å². The molecule has 16 heavy (non-hydrogen) atoms. The summed E-state index contributed by atoms with van der Waals surface area (Å²) in [4.78, 5) is 2.45. The Hall–Kier alpha value is -0.940. The summed E-state index contributed by atoms with van der Waals surface area (Å²) in [6, 6.07) is 0.363. The molecule has 1 spiro atoms. The van der Waals surface area contributed by atoms with Crippen LogP contribution in [0.25, 0.3) is 0 Å². The summed E-state index contributed by atoms with van der Waals surface area (Å²) in [6.07, 6.45) is 5.83. The van der Waals surface area contributed by atoms with E-state index in [-0.39, 0.29) is 0 Å². The monoisotopic (exact) mass is 221 g/mol. The predicted molar refractivity (Wildman–Crippen MR) is 60.5 cm³/mol. The number of rotatable bonds is 2. The molecular weight excluding hydrogens is 202 g/mol. The smallest absolute Gasteiger partial charge is 0.0738 e. The molecule has 1 saturated carbocycles. The van der Waals surface area contributed by atoms with Gasteiger partial charge in [0.05, 0.1) is 11.9 Å². The van der Waals surface area contributed by atoms with Crippen molar-refractivity contribution < 1.29 is 0 Å². The molecule has 1 aromatic rings. The van der Waals surface area contributed by atoms with Crippen molar-refractivity contribution in [2.75, 3.05) is 13.1 Å². The molecule has 0 amide bonds. The maximum absolute atomic E-state index is 6.25.